The molecule has 94 valence electrons. The molecule has 0 bridgehead atoms. The molecule has 0 heterocycles. The number of anilines is 1. The Hall–Kier alpha value is -1.58. The lowest BCUT2D eigenvalue weighted by molar-refractivity contribution is -0.384. The van der Waals surface area contributed by atoms with E-state index in [2.05, 4.69) is 26.1 Å². The second kappa shape index (κ2) is 5.66. The first-order chi connectivity index (χ1) is 7.90. The zero-order valence-corrected chi connectivity index (χ0v) is 10.9. The van der Waals surface area contributed by atoms with Crippen molar-refractivity contribution in [3.63, 3.8) is 0 Å². The molecule has 0 aromatic heterocycles. The van der Waals surface area contributed by atoms with Gasteiger partial charge in [0.1, 0.15) is 0 Å². The van der Waals surface area contributed by atoms with Crippen LogP contribution in [0.15, 0.2) is 18.2 Å². The number of aryl methyl sites for hydroxylation is 1. The van der Waals surface area contributed by atoms with Gasteiger partial charge in [0, 0.05) is 23.9 Å². The molecule has 1 unspecified atom stereocenters. The van der Waals surface area contributed by atoms with E-state index in [0.29, 0.717) is 12.0 Å². The maximum atomic E-state index is 10.7. The second-order valence-corrected chi connectivity index (χ2v) is 4.93. The van der Waals surface area contributed by atoms with E-state index < -0.39 is 0 Å². The van der Waals surface area contributed by atoms with E-state index in [1.165, 1.54) is 6.07 Å². The van der Waals surface area contributed by atoms with Crippen LogP contribution in [-0.4, -0.2) is 11.0 Å². The van der Waals surface area contributed by atoms with Gasteiger partial charge in [0.25, 0.3) is 5.69 Å². The van der Waals surface area contributed by atoms with E-state index in [1.807, 2.05) is 6.92 Å². The molecular weight excluding hydrogens is 216 g/mol. The number of non-ortho nitro benzene ring substituents is 1. The number of nitrogens with zero attached hydrogens (tertiary/aromatic N) is 1. The van der Waals surface area contributed by atoms with E-state index >= 15 is 0 Å². The summed E-state index contributed by atoms with van der Waals surface area (Å²) in [6.07, 6.45) is 1.04. The molecule has 1 atom stereocenters. The van der Waals surface area contributed by atoms with Crippen molar-refractivity contribution in [1.29, 1.82) is 0 Å². The van der Waals surface area contributed by atoms with Crippen molar-refractivity contribution in [1.82, 2.24) is 0 Å². The van der Waals surface area contributed by atoms with Crippen LogP contribution in [0.5, 0.6) is 0 Å². The normalized spacial score (nSPS) is 12.5. The number of nitrogens with one attached hydrogen (secondary N) is 1. The molecule has 1 N–H and O–H groups in total. The van der Waals surface area contributed by atoms with Gasteiger partial charge in [-0.1, -0.05) is 19.9 Å². The van der Waals surface area contributed by atoms with Gasteiger partial charge in [0.05, 0.1) is 4.92 Å². The van der Waals surface area contributed by atoms with Gasteiger partial charge in [0.15, 0.2) is 0 Å². The monoisotopic (exact) mass is 236 g/mol. The van der Waals surface area contributed by atoms with E-state index in [4.69, 9.17) is 0 Å². The maximum absolute atomic E-state index is 10.7. The van der Waals surface area contributed by atoms with Gasteiger partial charge in [-0.15, -0.1) is 0 Å². The summed E-state index contributed by atoms with van der Waals surface area (Å²) >= 11 is 0. The van der Waals surface area contributed by atoms with E-state index in [1.54, 1.807) is 12.1 Å². The molecule has 0 aliphatic carbocycles. The molecule has 0 fully saturated rings. The number of hydrogen-bond acceptors (Lipinski definition) is 3. The van der Waals surface area contributed by atoms with Gasteiger partial charge in [-0.25, -0.2) is 0 Å². The first-order valence-electron chi connectivity index (χ1n) is 5.91. The number of hydrogen-bond donors (Lipinski definition) is 1. The van der Waals surface area contributed by atoms with Crippen LogP contribution in [0.1, 0.15) is 32.8 Å². The summed E-state index contributed by atoms with van der Waals surface area (Å²) in [4.78, 5) is 10.3. The quantitative estimate of drug-likeness (QED) is 0.625. The van der Waals surface area contributed by atoms with Gasteiger partial charge in [-0.2, -0.15) is 0 Å². The van der Waals surface area contributed by atoms with E-state index in [0.717, 1.165) is 17.7 Å². The summed E-state index contributed by atoms with van der Waals surface area (Å²) in [5.41, 5.74) is 2.02. The minimum Gasteiger partial charge on any atom is -0.382 e. The average Bonchev–Trinajstić information content (AvgIpc) is 2.19. The molecule has 1 aromatic carbocycles. The van der Waals surface area contributed by atoms with Crippen molar-refractivity contribution in [3.05, 3.63) is 33.9 Å². The molecule has 4 nitrogen and oxygen atoms in total. The van der Waals surface area contributed by atoms with Crippen LogP contribution < -0.4 is 5.32 Å². The smallest absolute Gasteiger partial charge is 0.271 e. The Bertz CT molecular complexity index is 402. The van der Waals surface area contributed by atoms with Crippen LogP contribution in [0.4, 0.5) is 11.4 Å². The molecule has 0 radical (unpaired) electrons. The molecule has 4 heteroatoms. The maximum Gasteiger partial charge on any atom is 0.271 e. The van der Waals surface area contributed by atoms with Crippen LogP contribution in [-0.2, 0) is 0 Å². The fourth-order valence-electron chi connectivity index (χ4n) is 1.91. The summed E-state index contributed by atoms with van der Waals surface area (Å²) in [7, 11) is 0. The first-order valence-corrected chi connectivity index (χ1v) is 5.91. The summed E-state index contributed by atoms with van der Waals surface area (Å²) in [5, 5.41) is 14.0. The van der Waals surface area contributed by atoms with Gasteiger partial charge in [-0.05, 0) is 31.7 Å². The highest BCUT2D eigenvalue weighted by Gasteiger charge is 2.11. The van der Waals surface area contributed by atoms with Gasteiger partial charge < -0.3 is 5.32 Å². The van der Waals surface area contributed by atoms with Crippen molar-refractivity contribution in [2.75, 3.05) is 5.32 Å². The number of rotatable bonds is 5. The van der Waals surface area contributed by atoms with Crippen molar-refractivity contribution in [3.8, 4) is 0 Å². The van der Waals surface area contributed by atoms with Crippen LogP contribution in [0, 0.1) is 23.0 Å². The van der Waals surface area contributed by atoms with Gasteiger partial charge >= 0.3 is 0 Å². The van der Waals surface area contributed by atoms with Crippen LogP contribution >= 0.6 is 0 Å². The summed E-state index contributed by atoms with van der Waals surface area (Å²) in [6, 6.07) is 5.23. The highest BCUT2D eigenvalue weighted by Crippen LogP contribution is 2.23. The van der Waals surface area contributed by atoms with E-state index in [9.17, 15) is 10.1 Å². The second-order valence-electron chi connectivity index (χ2n) is 4.93. The van der Waals surface area contributed by atoms with Crippen LogP contribution in [0.3, 0.4) is 0 Å². The standard InChI is InChI=1S/C13H20N2O2/c1-9(2)7-11(4)14-13-8-12(15(16)17)6-5-10(13)3/h5-6,8-9,11,14H,7H2,1-4H3. The van der Waals surface area contributed by atoms with Crippen LogP contribution in [0.2, 0.25) is 0 Å². The Morgan fingerprint density at radius 1 is 1.35 bits per heavy atom. The van der Waals surface area contributed by atoms with Gasteiger partial charge in [0.2, 0.25) is 0 Å². The molecule has 0 amide bonds. The van der Waals surface area contributed by atoms with E-state index in [-0.39, 0.29) is 10.6 Å². The Morgan fingerprint density at radius 3 is 2.53 bits per heavy atom. The molecular formula is C13H20N2O2. The third kappa shape index (κ3) is 4.06. The molecule has 1 rings (SSSR count). The lowest BCUT2D eigenvalue weighted by Crippen LogP contribution is -2.18. The third-order valence-corrected chi connectivity index (χ3v) is 2.66. The van der Waals surface area contributed by atoms with Gasteiger partial charge in [-0.3, -0.25) is 10.1 Å². The highest BCUT2D eigenvalue weighted by atomic mass is 16.6. The zero-order valence-electron chi connectivity index (χ0n) is 10.9. The van der Waals surface area contributed by atoms with Crippen molar-refractivity contribution < 1.29 is 4.92 Å². The molecule has 0 aliphatic rings. The highest BCUT2D eigenvalue weighted by molar-refractivity contribution is 5.57. The Labute approximate surface area is 102 Å². The zero-order chi connectivity index (χ0) is 13.0. The molecule has 17 heavy (non-hydrogen) atoms. The minimum atomic E-state index is -0.363. The predicted molar refractivity (Wildman–Crippen MR) is 70.4 cm³/mol. The Balaban J connectivity index is 2.82. The van der Waals surface area contributed by atoms with Crippen LogP contribution in [0.25, 0.3) is 0 Å². The lowest BCUT2D eigenvalue weighted by atomic mass is 10.0. The number of nitro benzene ring substituents is 1. The molecule has 0 aliphatic heterocycles. The predicted octanol–water partition coefficient (Wildman–Crippen LogP) is 3.75. The fourth-order valence-corrected chi connectivity index (χ4v) is 1.91. The molecule has 0 saturated carbocycles. The van der Waals surface area contributed by atoms with Crippen molar-refractivity contribution in [2.45, 2.75) is 40.2 Å². The first kappa shape index (κ1) is 13.5. The summed E-state index contributed by atoms with van der Waals surface area (Å²) in [6.45, 7) is 8.38. The van der Waals surface area contributed by atoms with Crippen molar-refractivity contribution >= 4 is 11.4 Å². The number of benzene rings is 1. The molecule has 0 spiro atoms. The SMILES string of the molecule is Cc1ccc([N+](=O)[O-])cc1NC(C)CC(C)C. The lowest BCUT2D eigenvalue weighted by Gasteiger charge is -2.18. The minimum absolute atomic E-state index is 0.134. The van der Waals surface area contributed by atoms with Crippen molar-refractivity contribution in [2.24, 2.45) is 5.92 Å². The summed E-state index contributed by atoms with van der Waals surface area (Å²) in [5.74, 6) is 0.608. The largest absolute Gasteiger partial charge is 0.382 e. The Morgan fingerprint density at radius 2 is 2.00 bits per heavy atom. The molecule has 1 aromatic rings. The molecule has 0 saturated heterocycles. The third-order valence-electron chi connectivity index (χ3n) is 2.66. The fraction of sp³-hybridized carbons (Fsp3) is 0.538. The average molecular weight is 236 g/mol. The summed E-state index contributed by atoms with van der Waals surface area (Å²) < 4.78 is 0. The Kier molecular flexibility index (Phi) is 4.49. The number of nitro groups is 1. The topological polar surface area (TPSA) is 55.2 Å².